The van der Waals surface area contributed by atoms with Gasteiger partial charge in [0.05, 0.1) is 25.3 Å². The Morgan fingerprint density at radius 3 is 2.83 bits per heavy atom. The molecule has 3 aliphatic heterocycles. The minimum Gasteiger partial charge on any atom is -0.497 e. The average Bonchev–Trinajstić information content (AvgIpc) is 3.64. The molecule has 188 valence electrons. The third kappa shape index (κ3) is 3.74. The van der Waals surface area contributed by atoms with E-state index >= 15 is 0 Å². The van der Waals surface area contributed by atoms with Gasteiger partial charge in [0, 0.05) is 31.1 Å². The molecule has 3 aromatic rings. The van der Waals surface area contributed by atoms with Gasteiger partial charge >= 0.3 is 0 Å². The van der Waals surface area contributed by atoms with Gasteiger partial charge in [0.25, 0.3) is 5.91 Å². The van der Waals surface area contributed by atoms with Crippen LogP contribution in [0.25, 0.3) is 10.9 Å². The van der Waals surface area contributed by atoms with Crippen LogP contribution in [0.2, 0.25) is 0 Å². The van der Waals surface area contributed by atoms with Crippen LogP contribution >= 0.6 is 0 Å². The first-order valence-corrected chi connectivity index (χ1v) is 12.2. The fourth-order valence-electron chi connectivity index (χ4n) is 5.33. The number of hydrogen-bond donors (Lipinski definition) is 1. The highest BCUT2D eigenvalue weighted by Gasteiger charge is 2.48. The maximum atomic E-state index is 14.0. The molecule has 0 bridgehead atoms. The Labute approximate surface area is 208 Å². The van der Waals surface area contributed by atoms with Crippen LogP contribution in [-0.2, 0) is 22.6 Å². The number of aromatic nitrogens is 1. The van der Waals surface area contributed by atoms with E-state index in [9.17, 15) is 9.59 Å². The Morgan fingerprint density at radius 2 is 2.03 bits per heavy atom. The maximum Gasteiger partial charge on any atom is 0.271 e. The van der Waals surface area contributed by atoms with Crippen molar-refractivity contribution in [1.29, 1.82) is 0 Å². The number of rotatable bonds is 6. The molecule has 6 rings (SSSR count). The normalized spacial score (nSPS) is 22.7. The molecule has 1 aromatic heterocycles. The van der Waals surface area contributed by atoms with Gasteiger partial charge in [-0.25, -0.2) is 0 Å². The standard InChI is InChI=1S/C27H29N3O6/c1-27(26(32)28-13-20-4-3-9-34-20)15-29-21-12-19(33-2)7-6-18(21)11-22(29)25(31)30(27)14-17-5-8-23-24(10-17)36-16-35-23/h5-8,10-12,20H,3-4,9,13-16H2,1-2H3,(H,28,32)/t20-,27+/m0/s1. The van der Waals surface area contributed by atoms with Crippen molar-refractivity contribution in [3.05, 3.63) is 53.7 Å². The molecule has 0 aliphatic carbocycles. The number of amides is 2. The second kappa shape index (κ2) is 8.74. The van der Waals surface area contributed by atoms with Crippen molar-refractivity contribution in [2.75, 3.05) is 27.1 Å². The second-order valence-corrected chi connectivity index (χ2v) is 9.74. The average molecular weight is 492 g/mol. The van der Waals surface area contributed by atoms with Crippen LogP contribution in [-0.4, -0.2) is 60.0 Å². The number of hydrogen-bond acceptors (Lipinski definition) is 6. The fraction of sp³-hybridized carbons (Fsp3) is 0.407. The van der Waals surface area contributed by atoms with E-state index in [0.717, 1.165) is 29.3 Å². The van der Waals surface area contributed by atoms with Crippen molar-refractivity contribution in [3.63, 3.8) is 0 Å². The molecule has 9 nitrogen and oxygen atoms in total. The highest BCUT2D eigenvalue weighted by atomic mass is 16.7. The number of methoxy groups -OCH3 is 1. The number of ether oxygens (including phenoxy) is 4. The molecule has 2 atom stereocenters. The van der Waals surface area contributed by atoms with Crippen LogP contribution in [0.1, 0.15) is 35.8 Å². The van der Waals surface area contributed by atoms with E-state index in [4.69, 9.17) is 18.9 Å². The van der Waals surface area contributed by atoms with E-state index in [-0.39, 0.29) is 31.3 Å². The van der Waals surface area contributed by atoms with Gasteiger partial charge in [0.1, 0.15) is 17.0 Å². The summed E-state index contributed by atoms with van der Waals surface area (Å²) in [6.45, 7) is 3.71. The van der Waals surface area contributed by atoms with E-state index in [1.54, 1.807) is 12.0 Å². The summed E-state index contributed by atoms with van der Waals surface area (Å²) in [5, 5.41) is 3.99. The smallest absolute Gasteiger partial charge is 0.271 e. The Balaban J connectivity index is 1.38. The van der Waals surface area contributed by atoms with Crippen LogP contribution in [0.4, 0.5) is 0 Å². The first-order valence-electron chi connectivity index (χ1n) is 12.2. The van der Waals surface area contributed by atoms with Crippen molar-refractivity contribution in [2.24, 2.45) is 0 Å². The zero-order valence-electron chi connectivity index (χ0n) is 20.4. The number of fused-ring (bicyclic) bond motifs is 4. The van der Waals surface area contributed by atoms with Gasteiger partial charge in [-0.15, -0.1) is 0 Å². The van der Waals surface area contributed by atoms with E-state index in [1.165, 1.54) is 0 Å². The molecule has 1 N–H and O–H groups in total. The predicted molar refractivity (Wildman–Crippen MR) is 131 cm³/mol. The van der Waals surface area contributed by atoms with Crippen LogP contribution in [0, 0.1) is 0 Å². The maximum absolute atomic E-state index is 14.0. The monoisotopic (exact) mass is 491 g/mol. The van der Waals surface area contributed by atoms with Gasteiger partial charge in [-0.3, -0.25) is 9.59 Å². The summed E-state index contributed by atoms with van der Waals surface area (Å²) < 4.78 is 24.0. The van der Waals surface area contributed by atoms with E-state index in [1.807, 2.05) is 54.0 Å². The third-order valence-electron chi connectivity index (χ3n) is 7.42. The van der Waals surface area contributed by atoms with E-state index in [2.05, 4.69) is 5.32 Å². The largest absolute Gasteiger partial charge is 0.497 e. The summed E-state index contributed by atoms with van der Waals surface area (Å²) in [4.78, 5) is 29.4. The zero-order chi connectivity index (χ0) is 24.9. The lowest BCUT2D eigenvalue weighted by molar-refractivity contribution is -0.133. The van der Waals surface area contributed by atoms with Crippen molar-refractivity contribution in [2.45, 2.75) is 44.5 Å². The van der Waals surface area contributed by atoms with Gasteiger partial charge in [0.15, 0.2) is 11.5 Å². The van der Waals surface area contributed by atoms with Gasteiger partial charge in [-0.2, -0.15) is 0 Å². The number of carbonyl (C=O) groups excluding carboxylic acids is 2. The number of carbonyl (C=O) groups is 2. The summed E-state index contributed by atoms with van der Waals surface area (Å²) in [6.07, 6.45) is 1.92. The molecule has 0 unspecified atom stereocenters. The summed E-state index contributed by atoms with van der Waals surface area (Å²) in [5.41, 5.74) is 1.13. The van der Waals surface area contributed by atoms with Crippen LogP contribution in [0.3, 0.4) is 0 Å². The Morgan fingerprint density at radius 1 is 1.17 bits per heavy atom. The zero-order valence-corrected chi connectivity index (χ0v) is 20.4. The summed E-state index contributed by atoms with van der Waals surface area (Å²) in [5.74, 6) is 1.60. The topological polar surface area (TPSA) is 91.3 Å². The highest BCUT2D eigenvalue weighted by molar-refractivity contribution is 6.03. The lowest BCUT2D eigenvalue weighted by Crippen LogP contribution is -2.64. The van der Waals surface area contributed by atoms with Gasteiger partial charge in [-0.05, 0) is 55.7 Å². The van der Waals surface area contributed by atoms with Crippen molar-refractivity contribution >= 4 is 22.7 Å². The number of nitrogens with one attached hydrogen (secondary N) is 1. The van der Waals surface area contributed by atoms with Crippen molar-refractivity contribution < 1.29 is 28.5 Å². The molecule has 0 radical (unpaired) electrons. The number of benzene rings is 2. The lowest BCUT2D eigenvalue weighted by Gasteiger charge is -2.44. The van der Waals surface area contributed by atoms with Crippen LogP contribution in [0.15, 0.2) is 42.5 Å². The first-order chi connectivity index (χ1) is 17.5. The summed E-state index contributed by atoms with van der Waals surface area (Å²) in [7, 11) is 1.61. The Kier molecular flexibility index (Phi) is 5.52. The first kappa shape index (κ1) is 22.7. The van der Waals surface area contributed by atoms with Gasteiger partial charge in [0.2, 0.25) is 12.7 Å². The highest BCUT2D eigenvalue weighted by Crippen LogP contribution is 2.37. The molecule has 1 saturated heterocycles. The Bertz CT molecular complexity index is 1340. The van der Waals surface area contributed by atoms with Crippen LogP contribution < -0.4 is 19.5 Å². The molecule has 4 heterocycles. The van der Waals surface area contributed by atoms with Crippen molar-refractivity contribution in [1.82, 2.24) is 14.8 Å². The second-order valence-electron chi connectivity index (χ2n) is 9.74. The molecule has 2 amide bonds. The minimum atomic E-state index is -1.13. The van der Waals surface area contributed by atoms with Gasteiger partial charge in [-0.1, -0.05) is 6.07 Å². The number of nitrogens with zero attached hydrogens (tertiary/aromatic N) is 2. The van der Waals surface area contributed by atoms with Crippen LogP contribution in [0.5, 0.6) is 17.2 Å². The van der Waals surface area contributed by atoms with Gasteiger partial charge < -0.3 is 33.7 Å². The molecule has 36 heavy (non-hydrogen) atoms. The molecular weight excluding hydrogens is 462 g/mol. The molecule has 3 aliphatic rings. The third-order valence-corrected chi connectivity index (χ3v) is 7.42. The molecule has 2 aromatic carbocycles. The molecular formula is C27H29N3O6. The summed E-state index contributed by atoms with van der Waals surface area (Å²) in [6, 6.07) is 13.2. The molecule has 0 spiro atoms. The lowest BCUT2D eigenvalue weighted by atomic mass is 9.93. The predicted octanol–water partition coefficient (Wildman–Crippen LogP) is 3.09. The fourth-order valence-corrected chi connectivity index (χ4v) is 5.33. The Hall–Kier alpha value is -3.72. The molecule has 9 heteroatoms. The molecule has 0 saturated carbocycles. The minimum absolute atomic E-state index is 0.00591. The quantitative estimate of drug-likeness (QED) is 0.570. The summed E-state index contributed by atoms with van der Waals surface area (Å²) >= 11 is 0. The molecule has 1 fully saturated rings. The van der Waals surface area contributed by atoms with E-state index < -0.39 is 5.54 Å². The van der Waals surface area contributed by atoms with E-state index in [0.29, 0.717) is 42.6 Å². The SMILES string of the molecule is COc1ccc2cc3n(c2c1)C[C@](C)(C(=O)NC[C@@H]1CCCO1)N(Cc1ccc2c(c1)OCO2)C3=O. The van der Waals surface area contributed by atoms with Crippen molar-refractivity contribution in [3.8, 4) is 17.2 Å².